The van der Waals surface area contributed by atoms with Gasteiger partial charge in [-0.1, -0.05) is 12.1 Å². The highest BCUT2D eigenvalue weighted by Crippen LogP contribution is 2.41. The van der Waals surface area contributed by atoms with Crippen LogP contribution in [0, 0.1) is 0 Å². The third-order valence-corrected chi connectivity index (χ3v) is 7.22. The molecule has 2 aromatic carbocycles. The van der Waals surface area contributed by atoms with Gasteiger partial charge in [-0.3, -0.25) is 23.1 Å². The van der Waals surface area contributed by atoms with Crippen molar-refractivity contribution in [3.05, 3.63) is 96.2 Å². The first-order valence-corrected chi connectivity index (χ1v) is 12.1. The second-order valence-corrected chi connectivity index (χ2v) is 9.61. The highest BCUT2D eigenvalue weighted by atomic mass is 19.4. The molecule has 1 aliphatic rings. The summed E-state index contributed by atoms with van der Waals surface area (Å²) in [5.74, 6) is -1.96. The van der Waals surface area contributed by atoms with E-state index in [-0.39, 0.29) is 40.7 Å². The van der Waals surface area contributed by atoms with Crippen LogP contribution in [-0.2, 0) is 26.2 Å². The molecule has 41 heavy (non-hydrogen) atoms. The molecule has 15 heteroatoms. The summed E-state index contributed by atoms with van der Waals surface area (Å²) >= 11 is 0. The zero-order chi connectivity index (χ0) is 30.0. The number of carboxylic acids is 1. The smallest absolute Gasteiger partial charge is 0.416 e. The number of aromatic nitrogens is 4. The van der Waals surface area contributed by atoms with Crippen LogP contribution in [0.15, 0.2) is 57.0 Å². The molecule has 2 heterocycles. The van der Waals surface area contributed by atoms with Gasteiger partial charge in [0.15, 0.2) is 0 Å². The summed E-state index contributed by atoms with van der Waals surface area (Å²) in [4.78, 5) is 51.3. The predicted molar refractivity (Wildman–Crippen MR) is 130 cm³/mol. The molecule has 9 nitrogen and oxygen atoms in total. The van der Waals surface area contributed by atoms with Gasteiger partial charge in [0, 0.05) is 19.8 Å². The Labute approximate surface area is 225 Å². The van der Waals surface area contributed by atoms with Crippen LogP contribution < -0.4 is 22.0 Å². The van der Waals surface area contributed by atoms with E-state index in [0.717, 1.165) is 25.8 Å². The molecule has 0 radical (unpaired) electrons. The van der Waals surface area contributed by atoms with Crippen LogP contribution in [-0.4, -0.2) is 30.4 Å². The fourth-order valence-corrected chi connectivity index (χ4v) is 5.34. The highest BCUT2D eigenvalue weighted by molar-refractivity contribution is 5.85. The first-order chi connectivity index (χ1) is 19.1. The molecule has 0 aliphatic heterocycles. The van der Waals surface area contributed by atoms with Crippen molar-refractivity contribution < 1.29 is 36.2 Å². The molecule has 0 unspecified atom stereocenters. The molecule has 0 bridgehead atoms. The number of fused-ring (bicyclic) bond motifs is 2. The van der Waals surface area contributed by atoms with Crippen molar-refractivity contribution in [2.24, 2.45) is 7.05 Å². The number of alkyl halides is 6. The van der Waals surface area contributed by atoms with Gasteiger partial charge >= 0.3 is 23.7 Å². The Kier molecular flexibility index (Phi) is 6.50. The van der Waals surface area contributed by atoms with E-state index in [0.29, 0.717) is 10.8 Å². The fraction of sp³-hybridized carbons (Fsp3) is 0.308. The Hall–Kier alpha value is -4.56. The van der Waals surface area contributed by atoms with Gasteiger partial charge in [0.25, 0.3) is 5.56 Å². The SMILES string of the molecule is Cn1c(=O)n(CCC(F)(F)F)c2cc(-n3cc(C(=O)[O-])c(=O)n([C@@H]4CCc5c4cccc5C(F)(F)F)c3=O)ccc21. The van der Waals surface area contributed by atoms with E-state index in [9.17, 15) is 50.6 Å². The topological polar surface area (TPSA) is 111 Å². The van der Waals surface area contributed by atoms with Crippen LogP contribution in [0.3, 0.4) is 0 Å². The zero-order valence-electron chi connectivity index (χ0n) is 21.0. The predicted octanol–water partition coefficient (Wildman–Crippen LogP) is 2.52. The lowest BCUT2D eigenvalue weighted by Crippen LogP contribution is -2.45. The minimum absolute atomic E-state index is 0.0000639. The maximum atomic E-state index is 13.7. The second kappa shape index (κ2) is 9.52. The molecule has 1 atom stereocenters. The molecule has 4 aromatic rings. The normalized spacial score (nSPS) is 15.4. The van der Waals surface area contributed by atoms with E-state index < -0.39 is 65.4 Å². The van der Waals surface area contributed by atoms with E-state index >= 15 is 0 Å². The van der Waals surface area contributed by atoms with Crippen LogP contribution in [0.2, 0.25) is 0 Å². The number of hydrogen-bond acceptors (Lipinski definition) is 5. The van der Waals surface area contributed by atoms with Crippen LogP contribution in [0.25, 0.3) is 16.7 Å². The molecule has 0 amide bonds. The summed E-state index contributed by atoms with van der Waals surface area (Å²) in [6, 6.07) is 5.88. The van der Waals surface area contributed by atoms with Crippen molar-refractivity contribution in [1.29, 1.82) is 0 Å². The van der Waals surface area contributed by atoms with Crippen LogP contribution >= 0.6 is 0 Å². The number of imidazole rings is 1. The highest BCUT2D eigenvalue weighted by Gasteiger charge is 2.38. The number of hydrogen-bond donors (Lipinski definition) is 0. The average Bonchev–Trinajstić information content (AvgIpc) is 3.40. The summed E-state index contributed by atoms with van der Waals surface area (Å²) < 4.78 is 82.7. The number of rotatable bonds is 5. The first kappa shape index (κ1) is 28.0. The molecule has 0 saturated carbocycles. The molecular formula is C26H19F6N4O5-. The van der Waals surface area contributed by atoms with Gasteiger partial charge in [0.1, 0.15) is 0 Å². The van der Waals surface area contributed by atoms with E-state index in [2.05, 4.69) is 0 Å². The third kappa shape index (κ3) is 4.74. The monoisotopic (exact) mass is 581 g/mol. The van der Waals surface area contributed by atoms with Crippen molar-refractivity contribution in [2.45, 2.75) is 44.2 Å². The van der Waals surface area contributed by atoms with Gasteiger partial charge in [-0.05, 0) is 48.2 Å². The maximum absolute atomic E-state index is 13.7. The number of carbonyl (C=O) groups excluding carboxylic acids is 1. The van der Waals surface area contributed by atoms with Crippen molar-refractivity contribution in [3.8, 4) is 5.69 Å². The van der Waals surface area contributed by atoms with Gasteiger partial charge < -0.3 is 9.90 Å². The van der Waals surface area contributed by atoms with Gasteiger partial charge in [-0.2, -0.15) is 26.3 Å². The Morgan fingerprint density at radius 1 is 1.00 bits per heavy atom. The van der Waals surface area contributed by atoms with E-state index in [1.54, 1.807) is 0 Å². The molecule has 216 valence electrons. The minimum atomic E-state index is -4.70. The molecule has 0 saturated heterocycles. The summed E-state index contributed by atoms with van der Waals surface area (Å²) in [5.41, 5.74) is -5.04. The van der Waals surface area contributed by atoms with E-state index in [1.807, 2.05) is 0 Å². The van der Waals surface area contributed by atoms with Gasteiger partial charge in [-0.25, -0.2) is 9.59 Å². The number of aryl methyl sites for hydroxylation is 2. The van der Waals surface area contributed by atoms with Crippen molar-refractivity contribution >= 4 is 17.0 Å². The number of carbonyl (C=O) groups is 1. The Bertz CT molecular complexity index is 1890. The maximum Gasteiger partial charge on any atom is 0.416 e. The average molecular weight is 581 g/mol. The van der Waals surface area contributed by atoms with Crippen LogP contribution in [0.5, 0.6) is 0 Å². The summed E-state index contributed by atoms with van der Waals surface area (Å²) in [5, 5.41) is 11.9. The molecule has 0 fully saturated rings. The van der Waals surface area contributed by atoms with Crippen molar-refractivity contribution in [1.82, 2.24) is 18.3 Å². The lowest BCUT2D eigenvalue weighted by atomic mass is 10.0. The Morgan fingerprint density at radius 3 is 2.34 bits per heavy atom. The summed E-state index contributed by atoms with van der Waals surface area (Å²) in [7, 11) is 1.34. The number of aromatic carboxylic acids is 1. The quantitative estimate of drug-likeness (QED) is 0.337. The summed E-state index contributed by atoms with van der Waals surface area (Å²) in [6.45, 7) is -0.734. The lowest BCUT2D eigenvalue weighted by Gasteiger charge is -2.20. The van der Waals surface area contributed by atoms with Gasteiger partial charge in [0.05, 0.1) is 46.3 Å². The third-order valence-electron chi connectivity index (χ3n) is 7.22. The largest absolute Gasteiger partial charge is 0.545 e. The zero-order valence-corrected chi connectivity index (χ0v) is 21.0. The number of benzene rings is 2. The molecule has 5 rings (SSSR count). The standard InChI is InChI=1S/C26H20F6N4O5/c1-33-19-7-5-13(11-20(19)34(23(33)40)10-9-25(27,28)29)35-12-16(22(38)39)21(37)36(24(35)41)18-8-6-14-15(18)3-2-4-17(14)26(30,31)32/h2-5,7,11-12,18H,6,8-10H2,1H3,(H,38,39)/p-1/t18-/m1/s1. The van der Waals surface area contributed by atoms with Crippen molar-refractivity contribution in [3.63, 3.8) is 0 Å². The molecule has 0 spiro atoms. The molecule has 2 aromatic heterocycles. The van der Waals surface area contributed by atoms with E-state index in [4.69, 9.17) is 0 Å². The fourth-order valence-electron chi connectivity index (χ4n) is 5.34. The first-order valence-electron chi connectivity index (χ1n) is 12.1. The molecular weight excluding hydrogens is 562 g/mol. The van der Waals surface area contributed by atoms with E-state index in [1.165, 1.54) is 31.3 Å². The van der Waals surface area contributed by atoms with Crippen LogP contribution in [0.4, 0.5) is 26.3 Å². The minimum Gasteiger partial charge on any atom is -0.545 e. The number of nitrogens with zero attached hydrogens (tertiary/aromatic N) is 4. The van der Waals surface area contributed by atoms with Crippen LogP contribution in [0.1, 0.15) is 45.9 Å². The van der Waals surface area contributed by atoms with Gasteiger partial charge in [-0.15, -0.1) is 0 Å². The Balaban J connectivity index is 1.72. The lowest BCUT2D eigenvalue weighted by molar-refractivity contribution is -0.255. The molecule has 1 aliphatic carbocycles. The number of halogens is 6. The summed E-state index contributed by atoms with van der Waals surface area (Å²) in [6.07, 6.45) is -10.2. The Morgan fingerprint density at radius 2 is 1.71 bits per heavy atom. The van der Waals surface area contributed by atoms with Crippen molar-refractivity contribution in [2.75, 3.05) is 0 Å². The number of carboxylic acid groups (broad SMARTS) is 1. The molecule has 0 N–H and O–H groups in total. The van der Waals surface area contributed by atoms with Gasteiger partial charge in [0.2, 0.25) is 0 Å². The second-order valence-electron chi connectivity index (χ2n) is 9.61.